The highest BCUT2D eigenvalue weighted by atomic mass is 32.2. The van der Waals surface area contributed by atoms with Crippen LogP contribution in [-0.2, 0) is 21.1 Å². The zero-order chi connectivity index (χ0) is 18.4. The molecule has 0 aliphatic heterocycles. The van der Waals surface area contributed by atoms with Gasteiger partial charge in [-0.3, -0.25) is 4.79 Å². The first kappa shape index (κ1) is 18.9. The molecule has 0 saturated heterocycles. The molecule has 0 atom stereocenters. The van der Waals surface area contributed by atoms with Crippen LogP contribution in [0.2, 0.25) is 0 Å². The van der Waals surface area contributed by atoms with Crippen LogP contribution in [0.5, 0.6) is 5.75 Å². The quantitative estimate of drug-likeness (QED) is 0.813. The van der Waals surface area contributed by atoms with Gasteiger partial charge in [0.25, 0.3) is 0 Å². The van der Waals surface area contributed by atoms with E-state index < -0.39 is 26.4 Å². The van der Waals surface area contributed by atoms with Gasteiger partial charge in [0.1, 0.15) is 5.75 Å². The summed E-state index contributed by atoms with van der Waals surface area (Å²) in [5.41, 5.74) is 0.654. The molecular weight excluding hydrogens is 352 g/mol. The number of sulfone groups is 1. The van der Waals surface area contributed by atoms with Gasteiger partial charge < -0.3 is 10.1 Å². The van der Waals surface area contributed by atoms with Crippen LogP contribution in [0, 0.1) is 0 Å². The fourth-order valence-corrected chi connectivity index (χ4v) is 3.17. The van der Waals surface area contributed by atoms with Crippen molar-refractivity contribution in [3.63, 3.8) is 0 Å². The Kier molecular flexibility index (Phi) is 6.08. The van der Waals surface area contributed by atoms with Gasteiger partial charge in [0.2, 0.25) is 15.7 Å². The van der Waals surface area contributed by atoms with E-state index in [2.05, 4.69) is 5.32 Å². The molecule has 5 nitrogen and oxygen atoms in total. The Morgan fingerprint density at radius 1 is 1.12 bits per heavy atom. The summed E-state index contributed by atoms with van der Waals surface area (Å²) in [7, 11) is -3.28. The molecule has 0 aliphatic rings. The van der Waals surface area contributed by atoms with E-state index in [-0.39, 0.29) is 12.1 Å². The van der Waals surface area contributed by atoms with E-state index in [1.807, 2.05) is 0 Å². The SMILES string of the molecule is COc1ccccc1CCC(=O)Nc1ccccc1S(=O)(=O)C(F)F. The van der Waals surface area contributed by atoms with E-state index >= 15 is 0 Å². The Balaban J connectivity index is 2.12. The first-order chi connectivity index (χ1) is 11.9. The van der Waals surface area contributed by atoms with Gasteiger partial charge in [-0.1, -0.05) is 30.3 Å². The summed E-state index contributed by atoms with van der Waals surface area (Å²) in [6.07, 6.45) is 0.406. The minimum atomic E-state index is -4.80. The summed E-state index contributed by atoms with van der Waals surface area (Å²) < 4.78 is 54.1. The molecule has 134 valence electrons. The molecule has 2 aromatic carbocycles. The maximum Gasteiger partial charge on any atom is 0.341 e. The van der Waals surface area contributed by atoms with Crippen molar-refractivity contribution < 1.29 is 26.7 Å². The lowest BCUT2D eigenvalue weighted by atomic mass is 10.1. The normalized spacial score (nSPS) is 11.4. The number of carbonyl (C=O) groups excluding carboxylic acids is 1. The molecule has 0 fully saturated rings. The molecule has 0 heterocycles. The molecule has 0 aromatic heterocycles. The number of rotatable bonds is 7. The van der Waals surface area contributed by atoms with Crippen molar-refractivity contribution in [1.82, 2.24) is 0 Å². The maximum absolute atomic E-state index is 12.8. The summed E-state index contributed by atoms with van der Waals surface area (Å²) in [5, 5.41) is 2.39. The van der Waals surface area contributed by atoms with Gasteiger partial charge in [0, 0.05) is 6.42 Å². The van der Waals surface area contributed by atoms with Crippen LogP contribution >= 0.6 is 0 Å². The number of anilines is 1. The molecule has 2 aromatic rings. The summed E-state index contributed by atoms with van der Waals surface area (Å²) in [5.74, 6) is -3.40. The van der Waals surface area contributed by atoms with Crippen molar-refractivity contribution in [2.45, 2.75) is 23.5 Å². The van der Waals surface area contributed by atoms with Crippen molar-refractivity contribution in [1.29, 1.82) is 0 Å². The molecule has 2 rings (SSSR count). The molecule has 8 heteroatoms. The van der Waals surface area contributed by atoms with Crippen molar-refractivity contribution >= 4 is 21.4 Å². The van der Waals surface area contributed by atoms with Crippen LogP contribution in [0.4, 0.5) is 14.5 Å². The first-order valence-corrected chi connectivity index (χ1v) is 8.93. The molecule has 0 spiro atoms. The number of nitrogens with one attached hydrogen (secondary N) is 1. The molecule has 0 unspecified atom stereocenters. The lowest BCUT2D eigenvalue weighted by Gasteiger charge is -2.12. The number of alkyl halides is 2. The molecule has 0 saturated carbocycles. The van der Waals surface area contributed by atoms with E-state index in [9.17, 15) is 22.0 Å². The van der Waals surface area contributed by atoms with Gasteiger partial charge in [0.15, 0.2) is 0 Å². The zero-order valence-electron chi connectivity index (χ0n) is 13.4. The smallest absolute Gasteiger partial charge is 0.341 e. The van der Waals surface area contributed by atoms with Crippen LogP contribution in [0.3, 0.4) is 0 Å². The average molecular weight is 369 g/mol. The fraction of sp³-hybridized carbons (Fsp3) is 0.235. The van der Waals surface area contributed by atoms with Crippen LogP contribution in [0.25, 0.3) is 0 Å². The number of methoxy groups -OCH3 is 1. The number of carbonyl (C=O) groups is 1. The summed E-state index contributed by atoms with van der Waals surface area (Å²) in [6, 6.07) is 12.3. The molecule has 1 amide bonds. The number of aryl methyl sites for hydroxylation is 1. The van der Waals surface area contributed by atoms with Crippen molar-refractivity contribution in [2.75, 3.05) is 12.4 Å². The van der Waals surface area contributed by atoms with Crippen LogP contribution in [0.15, 0.2) is 53.4 Å². The summed E-state index contributed by atoms with van der Waals surface area (Å²) in [4.78, 5) is 11.5. The topological polar surface area (TPSA) is 72.5 Å². The Morgan fingerprint density at radius 3 is 2.44 bits per heavy atom. The highest BCUT2D eigenvalue weighted by molar-refractivity contribution is 7.91. The molecule has 1 N–H and O–H groups in total. The van der Waals surface area contributed by atoms with Gasteiger partial charge in [-0.05, 0) is 30.2 Å². The van der Waals surface area contributed by atoms with E-state index in [1.165, 1.54) is 25.3 Å². The number of benzene rings is 2. The number of hydrogen-bond donors (Lipinski definition) is 1. The fourth-order valence-electron chi connectivity index (χ4n) is 2.28. The Hall–Kier alpha value is -2.48. The molecule has 0 radical (unpaired) electrons. The lowest BCUT2D eigenvalue weighted by molar-refractivity contribution is -0.116. The molecular formula is C17H17F2NO4S. The van der Waals surface area contributed by atoms with E-state index in [4.69, 9.17) is 4.74 Å². The second-order valence-electron chi connectivity index (χ2n) is 5.16. The molecule has 0 bridgehead atoms. The maximum atomic E-state index is 12.8. The number of amides is 1. The number of hydrogen-bond acceptors (Lipinski definition) is 4. The van der Waals surface area contributed by atoms with E-state index in [0.29, 0.717) is 12.2 Å². The molecule has 0 aliphatic carbocycles. The minimum Gasteiger partial charge on any atom is -0.496 e. The van der Waals surface area contributed by atoms with E-state index in [1.54, 1.807) is 24.3 Å². The third kappa shape index (κ3) is 4.54. The Morgan fingerprint density at radius 2 is 1.76 bits per heavy atom. The van der Waals surface area contributed by atoms with Gasteiger partial charge in [-0.2, -0.15) is 8.78 Å². The number of ether oxygens (including phenoxy) is 1. The largest absolute Gasteiger partial charge is 0.496 e. The second-order valence-corrected chi connectivity index (χ2v) is 7.05. The van der Waals surface area contributed by atoms with Crippen molar-refractivity contribution in [3.8, 4) is 5.75 Å². The number of para-hydroxylation sites is 2. The predicted octanol–water partition coefficient (Wildman–Crippen LogP) is 3.26. The Bertz CT molecular complexity index is 853. The van der Waals surface area contributed by atoms with Gasteiger partial charge in [-0.15, -0.1) is 0 Å². The van der Waals surface area contributed by atoms with Crippen LogP contribution < -0.4 is 10.1 Å². The Labute approximate surface area is 144 Å². The minimum absolute atomic E-state index is 0.0451. The van der Waals surface area contributed by atoms with Gasteiger partial charge in [0.05, 0.1) is 17.7 Å². The molecule has 25 heavy (non-hydrogen) atoms. The monoisotopic (exact) mass is 369 g/mol. The summed E-state index contributed by atoms with van der Waals surface area (Å²) >= 11 is 0. The van der Waals surface area contributed by atoms with Gasteiger partial charge >= 0.3 is 5.76 Å². The third-order valence-electron chi connectivity index (χ3n) is 3.52. The van der Waals surface area contributed by atoms with Crippen LogP contribution in [-0.4, -0.2) is 27.2 Å². The lowest BCUT2D eigenvalue weighted by Crippen LogP contribution is -2.18. The van der Waals surface area contributed by atoms with E-state index in [0.717, 1.165) is 11.6 Å². The second kappa shape index (κ2) is 8.06. The highest BCUT2D eigenvalue weighted by Gasteiger charge is 2.29. The third-order valence-corrected chi connectivity index (χ3v) is 4.95. The van der Waals surface area contributed by atoms with Crippen molar-refractivity contribution in [2.24, 2.45) is 0 Å². The standard InChI is InChI=1S/C17H17F2NO4S/c1-24-14-8-4-2-6-12(14)10-11-16(21)20-13-7-3-5-9-15(13)25(22,23)17(18)19/h2-9,17H,10-11H2,1H3,(H,20,21). The van der Waals surface area contributed by atoms with Crippen molar-refractivity contribution in [3.05, 3.63) is 54.1 Å². The average Bonchev–Trinajstić information content (AvgIpc) is 2.60. The van der Waals surface area contributed by atoms with Crippen LogP contribution in [0.1, 0.15) is 12.0 Å². The first-order valence-electron chi connectivity index (χ1n) is 7.39. The van der Waals surface area contributed by atoms with Gasteiger partial charge in [-0.25, -0.2) is 8.42 Å². The predicted molar refractivity (Wildman–Crippen MR) is 89.6 cm³/mol. The summed E-state index contributed by atoms with van der Waals surface area (Å²) in [6.45, 7) is 0. The number of halogens is 2. The highest BCUT2D eigenvalue weighted by Crippen LogP contribution is 2.26. The zero-order valence-corrected chi connectivity index (χ0v) is 14.2.